The lowest BCUT2D eigenvalue weighted by Crippen LogP contribution is -2.14. The Labute approximate surface area is 150 Å². The number of anilines is 1. The third kappa shape index (κ3) is 3.83. The molecule has 0 saturated carbocycles. The number of rotatable bonds is 7. The fourth-order valence-electron chi connectivity index (χ4n) is 2.45. The van der Waals surface area contributed by atoms with Gasteiger partial charge in [-0.15, -0.1) is 0 Å². The standard InChI is InChI=1S/C19H19NO6/c1-4-26-16-10-12(20(2)3)6-8-14(16)17(21)13-7-5-11(18(22)23)9-15(13)19(24)25/h5-10H,4H2,1-3H3,(H,22,23)(H,24,25). The van der Waals surface area contributed by atoms with Crippen LogP contribution in [0.4, 0.5) is 5.69 Å². The van der Waals surface area contributed by atoms with Gasteiger partial charge >= 0.3 is 11.9 Å². The maximum absolute atomic E-state index is 12.9. The van der Waals surface area contributed by atoms with Gasteiger partial charge in [-0.2, -0.15) is 0 Å². The minimum atomic E-state index is -1.38. The summed E-state index contributed by atoms with van der Waals surface area (Å²) in [5, 5.41) is 18.4. The fraction of sp³-hybridized carbons (Fsp3) is 0.211. The normalized spacial score (nSPS) is 10.3. The van der Waals surface area contributed by atoms with Crippen molar-refractivity contribution < 1.29 is 29.3 Å². The first kappa shape index (κ1) is 19.0. The van der Waals surface area contributed by atoms with Crippen LogP contribution in [0.2, 0.25) is 0 Å². The highest BCUT2D eigenvalue weighted by Crippen LogP contribution is 2.28. The largest absolute Gasteiger partial charge is 0.493 e. The molecule has 0 aliphatic carbocycles. The summed E-state index contributed by atoms with van der Waals surface area (Å²) in [5.74, 6) is -2.85. The van der Waals surface area contributed by atoms with Gasteiger partial charge in [-0.1, -0.05) is 0 Å². The van der Waals surface area contributed by atoms with Gasteiger partial charge in [0.05, 0.1) is 23.3 Å². The topological polar surface area (TPSA) is 104 Å². The van der Waals surface area contributed by atoms with Gasteiger partial charge in [0.15, 0.2) is 5.78 Å². The zero-order valence-electron chi connectivity index (χ0n) is 14.6. The highest BCUT2D eigenvalue weighted by molar-refractivity contribution is 6.16. The van der Waals surface area contributed by atoms with Crippen molar-refractivity contribution in [2.24, 2.45) is 0 Å². The Morgan fingerprint density at radius 2 is 1.58 bits per heavy atom. The van der Waals surface area contributed by atoms with Crippen molar-refractivity contribution in [2.75, 3.05) is 25.6 Å². The Morgan fingerprint density at radius 1 is 0.923 bits per heavy atom. The molecule has 136 valence electrons. The summed E-state index contributed by atoms with van der Waals surface area (Å²) in [6.07, 6.45) is 0. The molecule has 0 bridgehead atoms. The van der Waals surface area contributed by atoms with Crippen molar-refractivity contribution in [1.29, 1.82) is 0 Å². The van der Waals surface area contributed by atoms with Gasteiger partial charge in [0, 0.05) is 31.4 Å². The van der Waals surface area contributed by atoms with E-state index < -0.39 is 17.7 Å². The van der Waals surface area contributed by atoms with E-state index in [2.05, 4.69) is 0 Å². The van der Waals surface area contributed by atoms with Gasteiger partial charge in [0.2, 0.25) is 0 Å². The molecule has 0 fully saturated rings. The van der Waals surface area contributed by atoms with Crippen LogP contribution in [-0.2, 0) is 0 Å². The van der Waals surface area contributed by atoms with Crippen LogP contribution < -0.4 is 9.64 Å². The zero-order valence-corrected chi connectivity index (χ0v) is 14.6. The molecule has 0 aromatic heterocycles. The number of ketones is 1. The molecular formula is C19H19NO6. The molecule has 0 aliphatic heterocycles. The summed E-state index contributed by atoms with van der Waals surface area (Å²) in [7, 11) is 3.69. The van der Waals surface area contributed by atoms with Crippen LogP contribution in [0.25, 0.3) is 0 Å². The Balaban J connectivity index is 2.58. The molecule has 0 radical (unpaired) electrons. The molecule has 26 heavy (non-hydrogen) atoms. The molecule has 0 amide bonds. The van der Waals surface area contributed by atoms with Crippen molar-refractivity contribution in [3.05, 3.63) is 58.7 Å². The maximum atomic E-state index is 12.9. The first-order valence-electron chi connectivity index (χ1n) is 7.85. The summed E-state index contributed by atoms with van der Waals surface area (Å²) in [6, 6.07) is 8.39. The summed E-state index contributed by atoms with van der Waals surface area (Å²) < 4.78 is 5.54. The van der Waals surface area contributed by atoms with Crippen LogP contribution in [0.5, 0.6) is 5.75 Å². The number of ether oxygens (including phenoxy) is 1. The van der Waals surface area contributed by atoms with Crippen LogP contribution >= 0.6 is 0 Å². The number of carboxylic acid groups (broad SMARTS) is 2. The van der Waals surface area contributed by atoms with Gasteiger partial charge < -0.3 is 19.8 Å². The fourth-order valence-corrected chi connectivity index (χ4v) is 2.45. The van der Waals surface area contributed by atoms with Crippen molar-refractivity contribution in [1.82, 2.24) is 0 Å². The van der Waals surface area contributed by atoms with Crippen LogP contribution in [0.3, 0.4) is 0 Å². The van der Waals surface area contributed by atoms with E-state index in [0.717, 1.165) is 11.8 Å². The number of benzene rings is 2. The Morgan fingerprint density at radius 3 is 2.12 bits per heavy atom. The van der Waals surface area contributed by atoms with E-state index in [-0.39, 0.29) is 22.3 Å². The van der Waals surface area contributed by atoms with Gasteiger partial charge in [0.25, 0.3) is 0 Å². The van der Waals surface area contributed by atoms with E-state index in [0.29, 0.717) is 12.4 Å². The number of hydrogen-bond donors (Lipinski definition) is 2. The van der Waals surface area contributed by atoms with E-state index in [9.17, 15) is 19.5 Å². The Kier molecular flexibility index (Phi) is 5.61. The predicted molar refractivity (Wildman–Crippen MR) is 95.7 cm³/mol. The minimum absolute atomic E-state index is 0.0962. The lowest BCUT2D eigenvalue weighted by molar-refractivity contribution is 0.0692. The molecular weight excluding hydrogens is 338 g/mol. The van der Waals surface area contributed by atoms with E-state index >= 15 is 0 Å². The van der Waals surface area contributed by atoms with Gasteiger partial charge in [0.1, 0.15) is 5.75 Å². The average Bonchev–Trinajstić information content (AvgIpc) is 2.60. The van der Waals surface area contributed by atoms with Crippen LogP contribution in [-0.4, -0.2) is 48.6 Å². The van der Waals surface area contributed by atoms with Gasteiger partial charge in [-0.25, -0.2) is 9.59 Å². The predicted octanol–water partition coefficient (Wildman–Crippen LogP) is 2.78. The number of hydrogen-bond acceptors (Lipinski definition) is 5. The summed E-state index contributed by atoms with van der Waals surface area (Å²) in [4.78, 5) is 37.3. The van der Waals surface area contributed by atoms with Crippen molar-refractivity contribution >= 4 is 23.4 Å². The molecule has 0 heterocycles. The molecule has 7 heteroatoms. The Bertz CT molecular complexity index is 872. The second-order valence-electron chi connectivity index (χ2n) is 5.71. The molecule has 2 N–H and O–H groups in total. The molecule has 0 aliphatic rings. The summed E-state index contributed by atoms with van der Waals surface area (Å²) in [5.41, 5.74) is 0.370. The van der Waals surface area contributed by atoms with Crippen LogP contribution in [0.1, 0.15) is 43.6 Å². The minimum Gasteiger partial charge on any atom is -0.493 e. The van der Waals surface area contributed by atoms with E-state index in [4.69, 9.17) is 9.84 Å². The second kappa shape index (κ2) is 7.69. The molecule has 7 nitrogen and oxygen atoms in total. The van der Waals surface area contributed by atoms with Crippen molar-refractivity contribution in [3.8, 4) is 5.75 Å². The SMILES string of the molecule is CCOc1cc(N(C)C)ccc1C(=O)c1ccc(C(=O)O)cc1C(=O)O. The lowest BCUT2D eigenvalue weighted by atomic mass is 9.95. The van der Waals surface area contributed by atoms with Gasteiger partial charge in [-0.3, -0.25) is 4.79 Å². The smallest absolute Gasteiger partial charge is 0.336 e. The second-order valence-corrected chi connectivity index (χ2v) is 5.71. The molecule has 2 rings (SSSR count). The zero-order chi connectivity index (χ0) is 19.4. The highest BCUT2D eigenvalue weighted by atomic mass is 16.5. The molecule has 0 saturated heterocycles. The molecule has 2 aromatic carbocycles. The Hall–Kier alpha value is -3.35. The van der Waals surface area contributed by atoms with Crippen LogP contribution in [0.15, 0.2) is 36.4 Å². The maximum Gasteiger partial charge on any atom is 0.336 e. The summed E-state index contributed by atoms with van der Waals surface area (Å²) >= 11 is 0. The number of carbonyl (C=O) groups excluding carboxylic acids is 1. The number of nitrogens with zero attached hydrogens (tertiary/aromatic N) is 1. The average molecular weight is 357 g/mol. The van der Waals surface area contributed by atoms with Gasteiger partial charge in [-0.05, 0) is 37.3 Å². The number of carbonyl (C=O) groups is 3. The van der Waals surface area contributed by atoms with E-state index in [1.54, 1.807) is 25.1 Å². The molecule has 0 spiro atoms. The quantitative estimate of drug-likeness (QED) is 0.734. The monoisotopic (exact) mass is 357 g/mol. The van der Waals surface area contributed by atoms with Crippen molar-refractivity contribution in [2.45, 2.75) is 6.92 Å². The number of aromatic carboxylic acids is 2. The molecule has 0 unspecified atom stereocenters. The molecule has 2 aromatic rings. The third-order valence-electron chi connectivity index (χ3n) is 3.77. The number of carboxylic acids is 2. The van der Waals surface area contributed by atoms with Crippen LogP contribution in [0, 0.1) is 0 Å². The third-order valence-corrected chi connectivity index (χ3v) is 3.77. The first-order chi connectivity index (χ1) is 12.3. The molecule has 0 atom stereocenters. The van der Waals surface area contributed by atoms with Crippen molar-refractivity contribution in [3.63, 3.8) is 0 Å². The highest BCUT2D eigenvalue weighted by Gasteiger charge is 2.23. The summed E-state index contributed by atoms with van der Waals surface area (Å²) in [6.45, 7) is 2.11. The van der Waals surface area contributed by atoms with E-state index in [1.807, 2.05) is 19.0 Å². The first-order valence-corrected chi connectivity index (χ1v) is 7.85. The lowest BCUT2D eigenvalue weighted by Gasteiger charge is -2.17. The van der Waals surface area contributed by atoms with E-state index in [1.165, 1.54) is 12.1 Å².